The summed E-state index contributed by atoms with van der Waals surface area (Å²) in [6, 6.07) is 15.6. The van der Waals surface area contributed by atoms with E-state index in [-0.39, 0.29) is 29.8 Å². The minimum atomic E-state index is -0.938. The van der Waals surface area contributed by atoms with E-state index in [1.807, 2.05) is 24.3 Å². The van der Waals surface area contributed by atoms with Crippen molar-refractivity contribution in [3.05, 3.63) is 59.7 Å². The molecule has 5 nitrogen and oxygen atoms in total. The van der Waals surface area contributed by atoms with Gasteiger partial charge in [0.05, 0.1) is 0 Å². The van der Waals surface area contributed by atoms with E-state index >= 15 is 0 Å². The van der Waals surface area contributed by atoms with Crippen LogP contribution in [0, 0.1) is 17.3 Å². The average Bonchev–Trinajstić information content (AvgIpc) is 3.05. The summed E-state index contributed by atoms with van der Waals surface area (Å²) in [6.07, 6.45) is -0.516. The van der Waals surface area contributed by atoms with Gasteiger partial charge in [0, 0.05) is 18.4 Å². The third kappa shape index (κ3) is 2.32. The first-order valence-corrected chi connectivity index (χ1v) is 9.75. The fourth-order valence-electron chi connectivity index (χ4n) is 5.43. The van der Waals surface area contributed by atoms with Crippen LogP contribution in [0.5, 0.6) is 0 Å². The fourth-order valence-corrected chi connectivity index (χ4v) is 5.43. The minimum Gasteiger partial charge on any atom is -0.480 e. The topological polar surface area (TPSA) is 66.8 Å². The second-order valence-electron chi connectivity index (χ2n) is 8.69. The van der Waals surface area contributed by atoms with Gasteiger partial charge in [0.2, 0.25) is 0 Å². The minimum absolute atomic E-state index is 0.0107. The predicted molar refractivity (Wildman–Crippen MR) is 104 cm³/mol. The molecule has 5 rings (SSSR count). The Kier molecular flexibility index (Phi) is 3.60. The maximum absolute atomic E-state index is 12.8. The maximum Gasteiger partial charge on any atom is 0.410 e. The largest absolute Gasteiger partial charge is 0.480 e. The summed E-state index contributed by atoms with van der Waals surface area (Å²) in [7, 11) is 0. The monoisotopic (exact) mass is 377 g/mol. The third-order valence-electron chi connectivity index (χ3n) is 7.03. The molecule has 1 aliphatic heterocycles. The number of aliphatic carboxylic acids is 1. The van der Waals surface area contributed by atoms with Crippen LogP contribution in [0.15, 0.2) is 48.5 Å². The second kappa shape index (κ2) is 5.84. The number of piperidine rings is 1. The van der Waals surface area contributed by atoms with Gasteiger partial charge in [-0.1, -0.05) is 62.4 Å². The zero-order valence-electron chi connectivity index (χ0n) is 16.0. The summed E-state index contributed by atoms with van der Waals surface area (Å²) in [5, 5.41) is 9.65. The lowest BCUT2D eigenvalue weighted by atomic mass is 9.98. The molecule has 1 amide bonds. The van der Waals surface area contributed by atoms with Gasteiger partial charge in [-0.3, -0.25) is 4.90 Å². The zero-order valence-corrected chi connectivity index (χ0v) is 16.0. The molecule has 0 spiro atoms. The number of hydrogen-bond acceptors (Lipinski definition) is 3. The number of hydrogen-bond donors (Lipinski definition) is 1. The highest BCUT2D eigenvalue weighted by Crippen LogP contribution is 2.64. The number of ether oxygens (including phenoxy) is 1. The van der Waals surface area contributed by atoms with Crippen molar-refractivity contribution in [1.29, 1.82) is 0 Å². The lowest BCUT2D eigenvalue weighted by Crippen LogP contribution is -2.45. The summed E-state index contributed by atoms with van der Waals surface area (Å²) >= 11 is 0. The van der Waals surface area contributed by atoms with Crippen molar-refractivity contribution in [2.75, 3.05) is 13.2 Å². The van der Waals surface area contributed by atoms with Crippen LogP contribution in [0.4, 0.5) is 4.79 Å². The van der Waals surface area contributed by atoms with Crippen LogP contribution in [-0.4, -0.2) is 41.3 Å². The Balaban J connectivity index is 1.35. The van der Waals surface area contributed by atoms with Gasteiger partial charge in [-0.25, -0.2) is 9.59 Å². The molecule has 1 saturated heterocycles. The van der Waals surface area contributed by atoms with Crippen LogP contribution in [0.25, 0.3) is 11.1 Å². The van der Waals surface area contributed by atoms with E-state index in [4.69, 9.17) is 4.74 Å². The van der Waals surface area contributed by atoms with Crippen LogP contribution in [-0.2, 0) is 9.53 Å². The van der Waals surface area contributed by atoms with Gasteiger partial charge in [0.25, 0.3) is 0 Å². The molecule has 28 heavy (non-hydrogen) atoms. The maximum atomic E-state index is 12.8. The van der Waals surface area contributed by atoms with Crippen molar-refractivity contribution < 1.29 is 19.4 Å². The number of carbonyl (C=O) groups excluding carboxylic acids is 1. The molecule has 0 aromatic heterocycles. The summed E-state index contributed by atoms with van der Waals surface area (Å²) in [5.74, 6) is -0.695. The van der Waals surface area contributed by atoms with E-state index in [0.29, 0.717) is 6.54 Å². The lowest BCUT2D eigenvalue weighted by molar-refractivity contribution is -0.143. The SMILES string of the molecule is CC1(C)[C@@H]2[C@@H](C(=O)O)N(C(=O)OCC3c4ccccc4-c4ccccc43)C[C@@H]21. The van der Waals surface area contributed by atoms with Crippen molar-refractivity contribution in [2.24, 2.45) is 17.3 Å². The molecule has 0 bridgehead atoms. The molecule has 2 aliphatic carbocycles. The summed E-state index contributed by atoms with van der Waals surface area (Å²) in [5.41, 5.74) is 4.63. The molecule has 1 N–H and O–H groups in total. The Hall–Kier alpha value is -2.82. The van der Waals surface area contributed by atoms with Crippen molar-refractivity contribution >= 4 is 12.1 Å². The molecule has 5 heteroatoms. The zero-order chi connectivity index (χ0) is 19.6. The van der Waals surface area contributed by atoms with E-state index in [1.54, 1.807) is 0 Å². The molecule has 0 unspecified atom stereocenters. The number of benzene rings is 2. The van der Waals surface area contributed by atoms with Gasteiger partial charge in [0.1, 0.15) is 12.6 Å². The average molecular weight is 377 g/mol. The first-order chi connectivity index (χ1) is 13.4. The third-order valence-corrected chi connectivity index (χ3v) is 7.03. The molecular formula is C23H23NO4. The van der Waals surface area contributed by atoms with Gasteiger partial charge in [-0.05, 0) is 33.6 Å². The number of carboxylic acids is 1. The molecule has 3 aliphatic rings. The van der Waals surface area contributed by atoms with E-state index in [0.717, 1.165) is 11.1 Å². The Labute approximate surface area is 163 Å². The Morgan fingerprint density at radius 2 is 1.64 bits per heavy atom. The van der Waals surface area contributed by atoms with Crippen molar-refractivity contribution in [1.82, 2.24) is 4.90 Å². The van der Waals surface area contributed by atoms with Crippen molar-refractivity contribution in [3.8, 4) is 11.1 Å². The normalized spacial score (nSPS) is 26.4. The highest BCUT2D eigenvalue weighted by molar-refractivity contribution is 5.83. The molecule has 1 heterocycles. The first-order valence-electron chi connectivity index (χ1n) is 9.75. The number of carbonyl (C=O) groups is 2. The lowest BCUT2D eigenvalue weighted by Gasteiger charge is -2.28. The highest BCUT2D eigenvalue weighted by atomic mass is 16.6. The first kappa shape index (κ1) is 17.3. The summed E-state index contributed by atoms with van der Waals surface area (Å²) in [4.78, 5) is 26.0. The van der Waals surface area contributed by atoms with E-state index in [2.05, 4.69) is 38.1 Å². The van der Waals surface area contributed by atoms with E-state index < -0.39 is 18.1 Å². The number of carboxylic acid groups (broad SMARTS) is 1. The standard InChI is InChI=1S/C23H23NO4/c1-23(2)18-11-24(20(19(18)23)21(25)26)22(27)28-12-17-15-9-5-3-7-13(15)14-8-4-6-10-16(14)17/h3-10,17-20H,11-12H2,1-2H3,(H,25,26)/t18-,19-,20-/m0/s1. The van der Waals surface area contributed by atoms with Crippen LogP contribution in [0.1, 0.15) is 30.9 Å². The molecule has 3 atom stereocenters. The van der Waals surface area contributed by atoms with Gasteiger partial charge in [-0.15, -0.1) is 0 Å². The van der Waals surface area contributed by atoms with Gasteiger partial charge < -0.3 is 9.84 Å². The van der Waals surface area contributed by atoms with Crippen LogP contribution in [0.3, 0.4) is 0 Å². The Morgan fingerprint density at radius 1 is 1.07 bits per heavy atom. The molecule has 2 fully saturated rings. The quantitative estimate of drug-likeness (QED) is 0.879. The van der Waals surface area contributed by atoms with Gasteiger partial charge in [0.15, 0.2) is 0 Å². The Morgan fingerprint density at radius 3 is 2.21 bits per heavy atom. The van der Waals surface area contributed by atoms with Crippen LogP contribution < -0.4 is 0 Å². The van der Waals surface area contributed by atoms with Crippen LogP contribution >= 0.6 is 0 Å². The molecule has 2 aromatic rings. The number of rotatable bonds is 3. The van der Waals surface area contributed by atoms with Gasteiger partial charge >= 0.3 is 12.1 Å². The highest BCUT2D eigenvalue weighted by Gasteiger charge is 2.70. The molecule has 144 valence electrons. The van der Waals surface area contributed by atoms with E-state index in [1.165, 1.54) is 16.0 Å². The number of fused-ring (bicyclic) bond motifs is 4. The second-order valence-corrected chi connectivity index (χ2v) is 8.69. The smallest absolute Gasteiger partial charge is 0.410 e. The van der Waals surface area contributed by atoms with Crippen molar-refractivity contribution in [3.63, 3.8) is 0 Å². The number of nitrogens with zero attached hydrogens (tertiary/aromatic N) is 1. The molecular weight excluding hydrogens is 354 g/mol. The summed E-state index contributed by atoms with van der Waals surface area (Å²) in [6.45, 7) is 4.83. The molecule has 1 saturated carbocycles. The summed E-state index contributed by atoms with van der Waals surface area (Å²) < 4.78 is 5.66. The predicted octanol–water partition coefficient (Wildman–Crippen LogP) is 3.98. The molecule has 2 aromatic carbocycles. The molecule has 0 radical (unpaired) electrons. The van der Waals surface area contributed by atoms with E-state index in [9.17, 15) is 14.7 Å². The Bertz CT molecular complexity index is 937. The van der Waals surface area contributed by atoms with Crippen molar-refractivity contribution in [2.45, 2.75) is 25.8 Å². The van der Waals surface area contributed by atoms with Gasteiger partial charge in [-0.2, -0.15) is 0 Å². The fraction of sp³-hybridized carbons (Fsp3) is 0.391. The number of amides is 1. The van der Waals surface area contributed by atoms with Crippen LogP contribution in [0.2, 0.25) is 0 Å². The number of likely N-dealkylation sites (tertiary alicyclic amines) is 1.